The molecule has 2 rings (SSSR count). The fourth-order valence-electron chi connectivity index (χ4n) is 2.94. The van der Waals surface area contributed by atoms with Crippen LogP contribution in [0.2, 0.25) is 0 Å². The zero-order valence-electron chi connectivity index (χ0n) is 14.4. The molecule has 1 aromatic carbocycles. The van der Waals surface area contributed by atoms with Crippen molar-refractivity contribution in [2.75, 3.05) is 26.3 Å². The van der Waals surface area contributed by atoms with Crippen LogP contribution in [0, 0.1) is 0 Å². The Hall–Kier alpha value is -1.75. The van der Waals surface area contributed by atoms with Gasteiger partial charge in [0.2, 0.25) is 5.91 Å². The molecule has 1 saturated heterocycles. The van der Waals surface area contributed by atoms with Crippen molar-refractivity contribution in [1.82, 2.24) is 10.2 Å². The van der Waals surface area contributed by atoms with Crippen LogP contribution in [0.4, 0.5) is 0 Å². The highest BCUT2D eigenvalue weighted by Gasteiger charge is 2.24. The summed E-state index contributed by atoms with van der Waals surface area (Å²) in [7, 11) is 0. The number of carbonyl (C=O) groups excluding carboxylic acids is 1. The summed E-state index contributed by atoms with van der Waals surface area (Å²) in [6, 6.07) is 8.36. The van der Waals surface area contributed by atoms with E-state index in [1.165, 1.54) is 0 Å². The van der Waals surface area contributed by atoms with E-state index < -0.39 is 0 Å². The van der Waals surface area contributed by atoms with Crippen LogP contribution in [0.15, 0.2) is 24.3 Å². The van der Waals surface area contributed by atoms with E-state index in [2.05, 4.69) is 19.2 Å². The zero-order valence-corrected chi connectivity index (χ0v) is 14.4. The van der Waals surface area contributed by atoms with E-state index in [-0.39, 0.29) is 5.91 Å². The molecule has 1 aliphatic rings. The molecule has 0 spiro atoms. The lowest BCUT2D eigenvalue weighted by Gasteiger charge is -2.36. The molecule has 0 bridgehead atoms. The summed E-state index contributed by atoms with van der Waals surface area (Å²) >= 11 is 0. The molecule has 0 aliphatic carbocycles. The fourth-order valence-corrected chi connectivity index (χ4v) is 2.94. The van der Waals surface area contributed by atoms with Crippen LogP contribution >= 0.6 is 0 Å². The van der Waals surface area contributed by atoms with E-state index in [9.17, 15) is 4.79 Å². The van der Waals surface area contributed by atoms with Crippen molar-refractivity contribution in [2.45, 2.75) is 45.7 Å². The van der Waals surface area contributed by atoms with Gasteiger partial charge in [-0.3, -0.25) is 4.79 Å². The molecular weight excluding hydrogens is 292 g/mol. The highest BCUT2D eigenvalue weighted by molar-refractivity contribution is 5.76. The third-order valence-electron chi connectivity index (χ3n) is 3.85. The zero-order chi connectivity index (χ0) is 16.7. The summed E-state index contributed by atoms with van der Waals surface area (Å²) in [5.41, 5.74) is 0. The molecule has 0 aromatic heterocycles. The number of piperazine rings is 1. The van der Waals surface area contributed by atoms with Gasteiger partial charge in [-0.05, 0) is 39.3 Å². The van der Waals surface area contributed by atoms with Gasteiger partial charge in [-0.2, -0.15) is 0 Å². The van der Waals surface area contributed by atoms with Crippen molar-refractivity contribution < 1.29 is 14.3 Å². The predicted molar refractivity (Wildman–Crippen MR) is 91.0 cm³/mol. The summed E-state index contributed by atoms with van der Waals surface area (Å²) in [4.78, 5) is 14.2. The molecular formula is C18H28N2O3. The number of carbonyl (C=O) groups is 1. The molecule has 2 atom stereocenters. The highest BCUT2D eigenvalue weighted by Crippen LogP contribution is 2.26. The molecule has 1 aliphatic heterocycles. The van der Waals surface area contributed by atoms with Crippen molar-refractivity contribution in [3.63, 3.8) is 0 Å². The third-order valence-corrected chi connectivity index (χ3v) is 3.85. The number of ether oxygens (including phenoxy) is 2. The molecule has 0 radical (unpaired) electrons. The maximum absolute atomic E-state index is 12.3. The Kier molecular flexibility index (Phi) is 6.71. The topological polar surface area (TPSA) is 50.8 Å². The summed E-state index contributed by atoms with van der Waals surface area (Å²) in [5, 5.41) is 3.44. The standard InChI is InChI=1S/C18H28N2O3/c1-4-22-16-8-5-6-9-17(16)23-11-7-10-18(21)20-12-14(2)19-15(3)13-20/h5-6,8-9,14-15,19H,4,7,10-13H2,1-3H3. The molecule has 0 saturated carbocycles. The number of hydrogen-bond donors (Lipinski definition) is 1. The Morgan fingerprint density at radius 2 is 1.78 bits per heavy atom. The molecule has 5 nitrogen and oxygen atoms in total. The average molecular weight is 320 g/mol. The van der Waals surface area contributed by atoms with E-state index in [1.807, 2.05) is 36.1 Å². The highest BCUT2D eigenvalue weighted by atomic mass is 16.5. The number of nitrogens with one attached hydrogen (secondary N) is 1. The molecule has 128 valence electrons. The van der Waals surface area contributed by atoms with Crippen LogP contribution in [0.3, 0.4) is 0 Å². The smallest absolute Gasteiger partial charge is 0.222 e. The quantitative estimate of drug-likeness (QED) is 0.784. The average Bonchev–Trinajstić information content (AvgIpc) is 2.52. The monoisotopic (exact) mass is 320 g/mol. The molecule has 1 aromatic rings. The van der Waals surface area contributed by atoms with Gasteiger partial charge in [0.05, 0.1) is 13.2 Å². The molecule has 23 heavy (non-hydrogen) atoms. The molecule has 1 N–H and O–H groups in total. The summed E-state index contributed by atoms with van der Waals surface area (Å²) in [6.07, 6.45) is 1.24. The number of hydrogen-bond acceptors (Lipinski definition) is 4. The van der Waals surface area contributed by atoms with Gasteiger partial charge in [0.15, 0.2) is 11.5 Å². The Labute approximate surface area is 139 Å². The van der Waals surface area contributed by atoms with Crippen LogP contribution in [0.5, 0.6) is 11.5 Å². The number of benzene rings is 1. The summed E-state index contributed by atoms with van der Waals surface area (Å²) in [5.74, 6) is 1.71. The summed E-state index contributed by atoms with van der Waals surface area (Å²) in [6.45, 7) is 8.89. The van der Waals surface area contributed by atoms with Crippen molar-refractivity contribution in [3.8, 4) is 11.5 Å². The van der Waals surface area contributed by atoms with Gasteiger partial charge in [-0.15, -0.1) is 0 Å². The molecule has 5 heteroatoms. The van der Waals surface area contributed by atoms with Crippen LogP contribution in [-0.4, -0.2) is 49.2 Å². The molecule has 2 unspecified atom stereocenters. The first-order valence-corrected chi connectivity index (χ1v) is 8.48. The lowest BCUT2D eigenvalue weighted by Crippen LogP contribution is -2.55. The Balaban J connectivity index is 1.74. The fraction of sp³-hybridized carbons (Fsp3) is 0.611. The minimum Gasteiger partial charge on any atom is -0.490 e. The Morgan fingerprint density at radius 3 is 2.39 bits per heavy atom. The van der Waals surface area contributed by atoms with Gasteiger partial charge in [0.1, 0.15) is 0 Å². The molecule has 1 heterocycles. The first kappa shape index (κ1) is 17.6. The van der Waals surface area contributed by atoms with Gasteiger partial charge < -0.3 is 19.7 Å². The summed E-state index contributed by atoms with van der Waals surface area (Å²) < 4.78 is 11.3. The van der Waals surface area contributed by atoms with Gasteiger partial charge in [-0.1, -0.05) is 12.1 Å². The number of para-hydroxylation sites is 2. The van der Waals surface area contributed by atoms with E-state index in [1.54, 1.807) is 0 Å². The third kappa shape index (κ3) is 5.43. The number of amides is 1. The van der Waals surface area contributed by atoms with E-state index in [0.29, 0.717) is 38.1 Å². The Morgan fingerprint density at radius 1 is 1.17 bits per heavy atom. The predicted octanol–water partition coefficient (Wildman–Crippen LogP) is 2.45. The number of nitrogens with zero attached hydrogens (tertiary/aromatic N) is 1. The van der Waals surface area contributed by atoms with Gasteiger partial charge in [0.25, 0.3) is 0 Å². The lowest BCUT2D eigenvalue weighted by atomic mass is 10.1. The van der Waals surface area contributed by atoms with Gasteiger partial charge in [0, 0.05) is 31.6 Å². The van der Waals surface area contributed by atoms with Crippen molar-refractivity contribution in [1.29, 1.82) is 0 Å². The first-order chi connectivity index (χ1) is 11.1. The van der Waals surface area contributed by atoms with Crippen LogP contribution in [0.25, 0.3) is 0 Å². The first-order valence-electron chi connectivity index (χ1n) is 8.48. The van der Waals surface area contributed by atoms with Crippen LogP contribution in [-0.2, 0) is 4.79 Å². The van der Waals surface area contributed by atoms with Crippen molar-refractivity contribution in [3.05, 3.63) is 24.3 Å². The second-order valence-corrected chi connectivity index (χ2v) is 6.10. The van der Waals surface area contributed by atoms with Gasteiger partial charge >= 0.3 is 0 Å². The van der Waals surface area contributed by atoms with E-state index in [4.69, 9.17) is 9.47 Å². The van der Waals surface area contributed by atoms with Crippen molar-refractivity contribution in [2.24, 2.45) is 0 Å². The SMILES string of the molecule is CCOc1ccccc1OCCCC(=O)N1CC(C)NC(C)C1. The van der Waals surface area contributed by atoms with E-state index in [0.717, 1.165) is 24.6 Å². The number of rotatable bonds is 7. The van der Waals surface area contributed by atoms with Gasteiger partial charge in [-0.25, -0.2) is 0 Å². The maximum Gasteiger partial charge on any atom is 0.222 e. The maximum atomic E-state index is 12.3. The lowest BCUT2D eigenvalue weighted by molar-refractivity contribution is -0.133. The minimum absolute atomic E-state index is 0.215. The molecule has 1 amide bonds. The Bertz CT molecular complexity index is 497. The minimum atomic E-state index is 0.215. The molecule has 1 fully saturated rings. The van der Waals surface area contributed by atoms with Crippen LogP contribution in [0.1, 0.15) is 33.6 Å². The van der Waals surface area contributed by atoms with E-state index >= 15 is 0 Å². The largest absolute Gasteiger partial charge is 0.490 e. The van der Waals surface area contributed by atoms with Crippen molar-refractivity contribution >= 4 is 5.91 Å². The second kappa shape index (κ2) is 8.77. The second-order valence-electron chi connectivity index (χ2n) is 6.10. The normalized spacial score (nSPS) is 21.1. The van der Waals surface area contributed by atoms with Crippen LogP contribution < -0.4 is 14.8 Å².